The lowest BCUT2D eigenvalue weighted by Gasteiger charge is -2.15. The number of ether oxygens (including phenoxy) is 1. The van der Waals surface area contributed by atoms with Gasteiger partial charge in [-0.15, -0.1) is 0 Å². The number of nitrogens with zero attached hydrogens (tertiary/aromatic N) is 2. The average molecular weight is 317 g/mol. The van der Waals surface area contributed by atoms with Crippen LogP contribution in [0.2, 0.25) is 0 Å². The quantitative estimate of drug-likeness (QED) is 0.513. The van der Waals surface area contributed by atoms with Gasteiger partial charge in [0.25, 0.3) is 5.91 Å². The summed E-state index contributed by atoms with van der Waals surface area (Å²) in [4.78, 5) is 25.5. The zero-order valence-corrected chi connectivity index (χ0v) is 12.4. The van der Waals surface area contributed by atoms with Crippen LogP contribution in [0, 0.1) is 11.3 Å². The van der Waals surface area contributed by atoms with E-state index in [1.807, 2.05) is 6.07 Å². The number of hydrogen-bond acceptors (Lipinski definition) is 7. The van der Waals surface area contributed by atoms with Crippen LogP contribution < -0.4 is 5.32 Å². The molecule has 120 valence electrons. The van der Waals surface area contributed by atoms with Gasteiger partial charge in [0.05, 0.1) is 37.1 Å². The fourth-order valence-corrected chi connectivity index (χ4v) is 2.24. The number of benzene rings is 1. The van der Waals surface area contributed by atoms with Crippen molar-refractivity contribution >= 4 is 17.6 Å². The van der Waals surface area contributed by atoms with Crippen LogP contribution in [-0.4, -0.2) is 53.8 Å². The van der Waals surface area contributed by atoms with E-state index < -0.39 is 11.9 Å². The number of aliphatic hydroxyl groups excluding tert-OH is 1. The molecule has 1 aliphatic rings. The van der Waals surface area contributed by atoms with Gasteiger partial charge in [-0.2, -0.15) is 5.26 Å². The molecule has 1 heterocycles. The Kier molecular flexibility index (Phi) is 4.83. The predicted octanol–water partition coefficient (Wildman–Crippen LogP) is -0.0626. The maximum atomic E-state index is 12.4. The van der Waals surface area contributed by atoms with Gasteiger partial charge in [-0.3, -0.25) is 4.79 Å². The summed E-state index contributed by atoms with van der Waals surface area (Å²) in [6.07, 6.45) is 0. The third-order valence-electron chi connectivity index (χ3n) is 3.37. The maximum Gasteiger partial charge on any atom is 0.337 e. The first-order chi connectivity index (χ1) is 11.0. The number of nitrogens with one attached hydrogen (secondary N) is 1. The summed E-state index contributed by atoms with van der Waals surface area (Å²) >= 11 is 0. The van der Waals surface area contributed by atoms with E-state index in [1.54, 1.807) is 0 Å². The number of phenols is 1. The van der Waals surface area contributed by atoms with Crippen molar-refractivity contribution in [2.24, 2.45) is 0 Å². The molecule has 1 amide bonds. The third kappa shape index (κ3) is 3.09. The van der Waals surface area contributed by atoms with E-state index >= 15 is 0 Å². The minimum atomic E-state index is -0.699. The molecule has 1 aromatic rings. The number of hydrogen-bond donors (Lipinski definition) is 3. The molecule has 0 fully saturated rings. The van der Waals surface area contributed by atoms with Crippen LogP contribution in [0.3, 0.4) is 0 Å². The zero-order chi connectivity index (χ0) is 17.0. The Morgan fingerprint density at radius 2 is 2.26 bits per heavy atom. The summed E-state index contributed by atoms with van der Waals surface area (Å²) in [6.45, 7) is -0.228. The number of aromatic hydroxyl groups is 1. The number of amides is 1. The van der Waals surface area contributed by atoms with E-state index in [9.17, 15) is 14.7 Å². The molecule has 0 bridgehead atoms. The number of aliphatic hydroxyl groups is 1. The van der Waals surface area contributed by atoms with Gasteiger partial charge in [0, 0.05) is 6.54 Å². The summed E-state index contributed by atoms with van der Waals surface area (Å²) in [5, 5.41) is 30.7. The van der Waals surface area contributed by atoms with Crippen molar-refractivity contribution in [2.75, 3.05) is 32.1 Å². The number of esters is 1. The lowest BCUT2D eigenvalue weighted by molar-refractivity contribution is -0.136. The number of nitriles is 1. The normalized spacial score (nSPS) is 14.0. The molecule has 8 nitrogen and oxygen atoms in total. The number of β-amino-alcohol motifs (C(OH)–C–C–N with tert-alkyl or cyclic N) is 1. The molecule has 0 unspecified atom stereocenters. The number of rotatable bonds is 5. The molecular formula is C15H15N3O5. The Balaban J connectivity index is 2.44. The molecule has 0 spiro atoms. The number of carbonyl (C=O) groups is 2. The zero-order valence-electron chi connectivity index (χ0n) is 12.4. The highest BCUT2D eigenvalue weighted by Crippen LogP contribution is 2.31. The summed E-state index contributed by atoms with van der Waals surface area (Å²) in [5.41, 5.74) is 0.141. The standard InChI is InChI=1S/C15H15N3O5/c1-23-15(22)10-8-18(5-6-19)14(21)13(10)17-12-9(7-16)3-2-4-11(12)20/h2-4,17,19-20H,5-6,8H2,1H3. The summed E-state index contributed by atoms with van der Waals surface area (Å²) in [7, 11) is 1.19. The van der Waals surface area contributed by atoms with Crippen molar-refractivity contribution in [3.63, 3.8) is 0 Å². The van der Waals surface area contributed by atoms with Gasteiger partial charge in [-0.1, -0.05) is 6.07 Å². The van der Waals surface area contributed by atoms with E-state index in [2.05, 4.69) is 10.1 Å². The topological polar surface area (TPSA) is 123 Å². The Morgan fingerprint density at radius 3 is 2.87 bits per heavy atom. The highest BCUT2D eigenvalue weighted by molar-refractivity contribution is 6.08. The summed E-state index contributed by atoms with van der Waals surface area (Å²) in [6, 6.07) is 6.20. The largest absolute Gasteiger partial charge is 0.506 e. The van der Waals surface area contributed by atoms with Crippen LogP contribution >= 0.6 is 0 Å². The highest BCUT2D eigenvalue weighted by Gasteiger charge is 2.35. The van der Waals surface area contributed by atoms with E-state index in [0.29, 0.717) is 0 Å². The molecule has 23 heavy (non-hydrogen) atoms. The Bertz CT molecular complexity index is 720. The van der Waals surface area contributed by atoms with Crippen LogP contribution in [0.1, 0.15) is 5.56 Å². The first-order valence-corrected chi connectivity index (χ1v) is 6.74. The fourth-order valence-electron chi connectivity index (χ4n) is 2.24. The Labute approximate surface area is 132 Å². The molecule has 2 rings (SSSR count). The van der Waals surface area contributed by atoms with Crippen molar-refractivity contribution in [3.05, 3.63) is 35.0 Å². The summed E-state index contributed by atoms with van der Waals surface area (Å²) < 4.78 is 4.66. The molecule has 0 saturated carbocycles. The van der Waals surface area contributed by atoms with Crippen LogP contribution in [0.25, 0.3) is 0 Å². The summed E-state index contributed by atoms with van der Waals surface area (Å²) in [5.74, 6) is -1.45. The molecule has 0 radical (unpaired) electrons. The van der Waals surface area contributed by atoms with E-state index in [1.165, 1.54) is 30.2 Å². The molecular weight excluding hydrogens is 302 g/mol. The van der Waals surface area contributed by atoms with Gasteiger partial charge in [0.15, 0.2) is 0 Å². The Hall–Kier alpha value is -3.05. The van der Waals surface area contributed by atoms with E-state index in [4.69, 9.17) is 10.4 Å². The maximum absolute atomic E-state index is 12.4. The molecule has 8 heteroatoms. The molecule has 0 aromatic heterocycles. The molecule has 0 aliphatic carbocycles. The number of methoxy groups -OCH3 is 1. The van der Waals surface area contributed by atoms with Gasteiger partial charge in [0.2, 0.25) is 0 Å². The van der Waals surface area contributed by atoms with Crippen molar-refractivity contribution in [1.82, 2.24) is 4.90 Å². The number of phenolic OH excluding ortho intramolecular Hbond substituents is 1. The SMILES string of the molecule is COC(=O)C1=C(Nc2c(O)cccc2C#N)C(=O)N(CCO)C1. The van der Waals surface area contributed by atoms with Gasteiger partial charge in [-0.25, -0.2) is 4.79 Å². The first kappa shape index (κ1) is 16.3. The second-order valence-corrected chi connectivity index (χ2v) is 4.73. The van der Waals surface area contributed by atoms with E-state index in [0.717, 1.165) is 0 Å². The lowest BCUT2D eigenvalue weighted by Crippen LogP contribution is -2.31. The molecule has 0 saturated heterocycles. The van der Waals surface area contributed by atoms with Crippen LogP contribution in [0.4, 0.5) is 5.69 Å². The van der Waals surface area contributed by atoms with Crippen molar-refractivity contribution < 1.29 is 24.5 Å². The highest BCUT2D eigenvalue weighted by atomic mass is 16.5. The van der Waals surface area contributed by atoms with Crippen LogP contribution in [0.5, 0.6) is 5.75 Å². The second kappa shape index (κ2) is 6.81. The Morgan fingerprint density at radius 1 is 1.52 bits per heavy atom. The number of para-hydroxylation sites is 1. The fraction of sp³-hybridized carbons (Fsp3) is 0.267. The molecule has 3 N–H and O–H groups in total. The minimum Gasteiger partial charge on any atom is -0.506 e. The minimum absolute atomic E-state index is 0.0239. The third-order valence-corrected chi connectivity index (χ3v) is 3.37. The van der Waals surface area contributed by atoms with Gasteiger partial charge >= 0.3 is 5.97 Å². The smallest absolute Gasteiger partial charge is 0.337 e. The molecule has 0 atom stereocenters. The average Bonchev–Trinajstić information content (AvgIpc) is 2.85. The van der Waals surface area contributed by atoms with Gasteiger partial charge in [0.1, 0.15) is 17.5 Å². The van der Waals surface area contributed by atoms with Crippen molar-refractivity contribution in [1.29, 1.82) is 5.26 Å². The second-order valence-electron chi connectivity index (χ2n) is 4.73. The van der Waals surface area contributed by atoms with Crippen LogP contribution in [0.15, 0.2) is 29.5 Å². The van der Waals surface area contributed by atoms with Crippen molar-refractivity contribution in [3.8, 4) is 11.8 Å². The van der Waals surface area contributed by atoms with Crippen molar-refractivity contribution in [2.45, 2.75) is 0 Å². The molecule has 1 aromatic carbocycles. The van der Waals surface area contributed by atoms with Crippen LogP contribution in [-0.2, 0) is 14.3 Å². The van der Waals surface area contributed by atoms with E-state index in [-0.39, 0.29) is 48.0 Å². The monoisotopic (exact) mass is 317 g/mol. The molecule has 1 aliphatic heterocycles. The van der Waals surface area contributed by atoms with Gasteiger partial charge < -0.3 is 25.2 Å². The van der Waals surface area contributed by atoms with Gasteiger partial charge in [-0.05, 0) is 12.1 Å². The predicted molar refractivity (Wildman–Crippen MR) is 79.2 cm³/mol. The first-order valence-electron chi connectivity index (χ1n) is 6.74. The number of anilines is 1. The number of carbonyl (C=O) groups excluding carboxylic acids is 2. The lowest BCUT2D eigenvalue weighted by atomic mass is 10.1.